The van der Waals surface area contributed by atoms with E-state index in [0.717, 1.165) is 67.8 Å². The Labute approximate surface area is 643 Å². The molecule has 0 N–H and O–H groups in total. The van der Waals surface area contributed by atoms with Crippen molar-refractivity contribution in [3.8, 4) is 34.5 Å². The predicted octanol–water partition coefficient (Wildman–Crippen LogP) is 14.9. The molecule has 3 saturated heterocycles. The Kier molecular flexibility index (Phi) is 28.1. The Morgan fingerprint density at radius 2 is 0.782 bits per heavy atom. The van der Waals surface area contributed by atoms with Crippen LogP contribution in [0.5, 0.6) is 34.5 Å². The van der Waals surface area contributed by atoms with Gasteiger partial charge < -0.3 is 46.4 Å². The van der Waals surface area contributed by atoms with Gasteiger partial charge in [-0.3, -0.25) is 33.3 Å². The van der Waals surface area contributed by atoms with E-state index in [1.165, 1.54) is 50.2 Å². The van der Waals surface area contributed by atoms with Gasteiger partial charge in [0.25, 0.3) is 0 Å². The van der Waals surface area contributed by atoms with Gasteiger partial charge in [-0.05, 0) is 161 Å². The number of hydrogen-bond acceptors (Lipinski definition) is 22. The maximum Gasteiger partial charge on any atom is 0.207 e. The molecule has 1 aliphatic carbocycles. The Morgan fingerprint density at radius 1 is 0.464 bits per heavy atom. The van der Waals surface area contributed by atoms with Gasteiger partial charge in [-0.25, -0.2) is 36.5 Å². The van der Waals surface area contributed by atoms with E-state index in [1.807, 2.05) is 32.6 Å². The maximum atomic E-state index is 13.3. The first kappa shape index (κ1) is 82.2. The second-order valence-corrected chi connectivity index (χ2v) is 32.9. The number of fused-ring (bicyclic) bond motifs is 3. The van der Waals surface area contributed by atoms with E-state index < -0.39 is 20.6 Å². The fraction of sp³-hybridized carbons (Fsp3) is 0.494. The topological polar surface area (TPSA) is 255 Å². The average Bonchev–Trinajstić information content (AvgIpc) is 1.49. The van der Waals surface area contributed by atoms with Crippen molar-refractivity contribution in [1.29, 1.82) is 0 Å². The van der Waals surface area contributed by atoms with Gasteiger partial charge in [-0.1, -0.05) is 57.2 Å². The first-order chi connectivity index (χ1) is 52.7. The zero-order valence-electron chi connectivity index (χ0n) is 64.8. The van der Waals surface area contributed by atoms with Crippen LogP contribution in [0, 0.1) is 52.1 Å². The van der Waals surface area contributed by atoms with Crippen LogP contribution in [-0.4, -0.2) is 194 Å². The predicted molar refractivity (Wildman–Crippen MR) is 416 cm³/mol. The van der Waals surface area contributed by atoms with Gasteiger partial charge in [0, 0.05) is 101 Å². The van der Waals surface area contributed by atoms with Crippen LogP contribution in [-0.2, 0) is 25.4 Å². The molecule has 4 aliphatic rings. The summed E-state index contributed by atoms with van der Waals surface area (Å²) in [5.41, 5.74) is 9.74. The third-order valence-electron chi connectivity index (χ3n) is 20.7. The molecule has 6 aromatic carbocycles. The standard InChI is InChI=1S/C29H35FN2O5.C27H33FN2O6S.C27H33FN2O5S/c1-18(21-6-8-23(30)9-7-21)10-14-35-28-26(36-17-13-32-11-15-34-16-12-32)24(20(3)33)19(2)25-27(28)37-29(31-25)22-4-5-22;1-17(21-5-7-22(28)8-6-21)9-13-34-27-25(35-14-10-30-11-15-37(32,33)16-12-30)23(19(3)31)18(2)24-26(27)36-20(4)29-24;1-17(21-5-7-22(28)8-6-21)9-13-33-27-25(34-14-10-30-11-15-36(32)16-12-30)23(19(3)31)18(2)24-26(27)35-20(4)29-24/h6-9,18,22H,4-5,10-17H2,1-3H3;5-8,17H,9-16H2,1-4H3;5-8,17H,9-16H2,1-4H3. The van der Waals surface area contributed by atoms with Crippen molar-refractivity contribution in [1.82, 2.24) is 29.7 Å². The third-order valence-corrected chi connectivity index (χ3v) is 23.6. The van der Waals surface area contributed by atoms with Crippen LogP contribution in [0.1, 0.15) is 179 Å². The lowest BCUT2D eigenvalue weighted by molar-refractivity contribution is 0.0320. The highest BCUT2D eigenvalue weighted by molar-refractivity contribution is 7.91. The lowest BCUT2D eigenvalue weighted by Gasteiger charge is -2.26. The smallest absolute Gasteiger partial charge is 0.207 e. The molecule has 4 fully saturated rings. The summed E-state index contributed by atoms with van der Waals surface area (Å²) in [6.45, 7) is 29.3. The highest BCUT2D eigenvalue weighted by atomic mass is 32.2. The van der Waals surface area contributed by atoms with E-state index >= 15 is 0 Å². The number of sulfone groups is 1. The summed E-state index contributed by atoms with van der Waals surface area (Å²) in [5, 5.41) is 0. The Balaban J connectivity index is 0.000000164. The molecule has 3 aromatic heterocycles. The summed E-state index contributed by atoms with van der Waals surface area (Å²) in [4.78, 5) is 58.5. The number of nitrogens with zero attached hydrogens (tertiary/aromatic N) is 6. The molecule has 3 unspecified atom stereocenters. The summed E-state index contributed by atoms with van der Waals surface area (Å²) in [6, 6.07) is 19.4. The van der Waals surface area contributed by atoms with Crippen molar-refractivity contribution in [2.75, 3.05) is 135 Å². The quantitative estimate of drug-likeness (QED) is 0.0366. The lowest BCUT2D eigenvalue weighted by Crippen LogP contribution is -2.42. The Morgan fingerprint density at radius 3 is 1.13 bits per heavy atom. The zero-order chi connectivity index (χ0) is 78.5. The maximum absolute atomic E-state index is 13.3. The number of hydrogen-bond donors (Lipinski definition) is 0. The first-order valence-corrected chi connectivity index (χ1v) is 41.2. The van der Waals surface area contributed by atoms with E-state index in [9.17, 15) is 40.2 Å². The van der Waals surface area contributed by atoms with Crippen molar-refractivity contribution in [2.24, 2.45) is 0 Å². The molecule has 0 radical (unpaired) electrons. The summed E-state index contributed by atoms with van der Waals surface area (Å²) >= 11 is 0. The number of aromatic nitrogens is 3. The summed E-state index contributed by atoms with van der Waals surface area (Å²) < 4.78 is 136. The SMILES string of the molecule is CC(=O)c1c(OCCN2CCOCC2)c(OCCC(C)c2ccc(F)cc2)c2oc(C3CC3)nc2c1C.CC(=O)c1c(OCCN2CCS(=O)(=O)CC2)c(OCCC(C)c2ccc(F)cc2)c2oc(C)nc2c1C.CC(=O)c1c(OCCN2CCS(=O)CC2)c(OCCC(C)c2ccc(F)cc2)c2oc(C)nc2c1C. The van der Waals surface area contributed by atoms with Crippen LogP contribution in [0.15, 0.2) is 86.0 Å². The second kappa shape index (κ2) is 37.5. The van der Waals surface area contributed by atoms with E-state index in [-0.39, 0.29) is 70.7 Å². The molecule has 27 heteroatoms. The largest absolute Gasteiger partial charge is 0.487 e. The molecule has 110 heavy (non-hydrogen) atoms. The summed E-state index contributed by atoms with van der Waals surface area (Å²) in [6.07, 6.45) is 4.13. The number of carbonyl (C=O) groups excluding carboxylic acids is 3. The van der Waals surface area contributed by atoms with E-state index in [1.54, 1.807) is 57.2 Å². The first-order valence-electron chi connectivity index (χ1n) is 37.9. The highest BCUT2D eigenvalue weighted by Crippen LogP contribution is 2.48. The molecule has 1 saturated carbocycles. The van der Waals surface area contributed by atoms with E-state index in [4.69, 9.17) is 51.4 Å². The Hall–Kier alpha value is -8.73. The number of oxazole rings is 3. The van der Waals surface area contributed by atoms with Gasteiger partial charge >= 0.3 is 0 Å². The number of Topliss-reactive ketones (excluding diaryl/α,β-unsaturated/α-hetero) is 3. The van der Waals surface area contributed by atoms with Crippen LogP contribution in [0.2, 0.25) is 0 Å². The molecule has 3 aliphatic heterocycles. The number of ether oxygens (including phenoxy) is 7. The number of benzene rings is 6. The molecule has 9 aromatic rings. The number of ketones is 3. The van der Waals surface area contributed by atoms with Crippen molar-refractivity contribution >= 4 is 71.3 Å². The monoisotopic (exact) mass is 1560 g/mol. The van der Waals surface area contributed by atoms with Crippen molar-refractivity contribution < 1.29 is 86.6 Å². The molecule has 3 atom stereocenters. The van der Waals surface area contributed by atoms with E-state index in [2.05, 4.69) is 33.6 Å². The Bertz CT molecular complexity index is 4820. The van der Waals surface area contributed by atoms with Crippen molar-refractivity contribution in [3.63, 3.8) is 0 Å². The van der Waals surface area contributed by atoms with Gasteiger partial charge in [0.2, 0.25) is 34.0 Å². The van der Waals surface area contributed by atoms with Gasteiger partial charge in [-0.2, -0.15) is 0 Å². The summed E-state index contributed by atoms with van der Waals surface area (Å²) in [7, 11) is -3.71. The van der Waals surface area contributed by atoms with Crippen LogP contribution >= 0.6 is 0 Å². The zero-order valence-corrected chi connectivity index (χ0v) is 66.4. The third kappa shape index (κ3) is 20.9. The van der Waals surface area contributed by atoms with Gasteiger partial charge in [-0.15, -0.1) is 0 Å². The molecule has 0 spiro atoms. The fourth-order valence-corrected chi connectivity index (χ4v) is 16.3. The normalized spacial score (nSPS) is 16.5. The molecular weight excluding hydrogens is 1460 g/mol. The van der Waals surface area contributed by atoms with Gasteiger partial charge in [0.15, 0.2) is 62.1 Å². The van der Waals surface area contributed by atoms with Gasteiger partial charge in [0.05, 0.1) is 61.2 Å². The molecule has 22 nitrogen and oxygen atoms in total. The second-order valence-electron chi connectivity index (χ2n) is 28.9. The number of halogens is 3. The molecular formula is C83H101F3N6O16S2. The molecule has 0 amide bonds. The number of morpholine rings is 1. The lowest BCUT2D eigenvalue weighted by atomic mass is 9.98. The van der Waals surface area contributed by atoms with E-state index in [0.29, 0.717) is 222 Å². The fourth-order valence-electron chi connectivity index (χ4n) is 13.9. The number of rotatable bonds is 31. The van der Waals surface area contributed by atoms with Crippen LogP contribution < -0.4 is 28.4 Å². The molecule has 592 valence electrons. The number of carbonyl (C=O) groups is 3. The molecule has 6 heterocycles. The van der Waals surface area contributed by atoms with Crippen LogP contribution in [0.25, 0.3) is 33.3 Å². The minimum absolute atomic E-state index is 0.0960. The average molecular weight is 1560 g/mol. The molecule has 13 rings (SSSR count). The van der Waals surface area contributed by atoms with Crippen LogP contribution in [0.4, 0.5) is 13.2 Å². The van der Waals surface area contributed by atoms with Crippen LogP contribution in [0.3, 0.4) is 0 Å². The minimum atomic E-state index is -2.97. The summed E-state index contributed by atoms with van der Waals surface area (Å²) in [5.74, 6) is 5.05. The minimum Gasteiger partial charge on any atom is -0.487 e. The highest BCUT2D eigenvalue weighted by Gasteiger charge is 2.35. The van der Waals surface area contributed by atoms with Crippen molar-refractivity contribution in [2.45, 2.75) is 132 Å². The molecule has 0 bridgehead atoms. The number of aryl methyl sites for hydroxylation is 5. The van der Waals surface area contributed by atoms with Gasteiger partial charge in [0.1, 0.15) is 53.8 Å². The van der Waals surface area contributed by atoms with Crippen molar-refractivity contribution in [3.05, 3.63) is 158 Å².